The molecule has 2 heteroatoms. The number of hydrogen-bond acceptors (Lipinski definition) is 2. The van der Waals surface area contributed by atoms with Crippen LogP contribution in [0, 0.1) is 5.92 Å². The van der Waals surface area contributed by atoms with Crippen molar-refractivity contribution in [3.8, 4) is 5.75 Å². The lowest BCUT2D eigenvalue weighted by molar-refractivity contribution is 0.217. The maximum atomic E-state index is 5.80. The molecule has 0 heterocycles. The zero-order valence-electron chi connectivity index (χ0n) is 11.5. The summed E-state index contributed by atoms with van der Waals surface area (Å²) in [4.78, 5) is 0. The molecular weight excluding hydrogens is 210 g/mol. The van der Waals surface area contributed by atoms with E-state index in [4.69, 9.17) is 4.74 Å². The van der Waals surface area contributed by atoms with Crippen molar-refractivity contribution in [2.24, 2.45) is 5.92 Å². The molecule has 0 aliphatic carbocycles. The Balaban J connectivity index is 2.48. The Morgan fingerprint density at radius 1 is 1.24 bits per heavy atom. The molecule has 1 unspecified atom stereocenters. The third kappa shape index (κ3) is 5.73. The number of nitrogens with one attached hydrogen (secondary N) is 1. The van der Waals surface area contributed by atoms with Crippen LogP contribution in [0.2, 0.25) is 0 Å². The van der Waals surface area contributed by atoms with Crippen LogP contribution < -0.4 is 10.1 Å². The fourth-order valence-electron chi connectivity index (χ4n) is 1.55. The fourth-order valence-corrected chi connectivity index (χ4v) is 1.55. The first-order valence-electron chi connectivity index (χ1n) is 6.58. The Hall–Kier alpha value is -1.02. The van der Waals surface area contributed by atoms with E-state index in [0.29, 0.717) is 5.92 Å². The molecule has 2 nitrogen and oxygen atoms in total. The van der Waals surface area contributed by atoms with Crippen molar-refractivity contribution >= 4 is 0 Å². The highest BCUT2D eigenvalue weighted by Crippen LogP contribution is 2.15. The maximum absolute atomic E-state index is 5.80. The van der Waals surface area contributed by atoms with E-state index in [9.17, 15) is 0 Å². The van der Waals surface area contributed by atoms with Gasteiger partial charge in [0.15, 0.2) is 0 Å². The monoisotopic (exact) mass is 235 g/mol. The van der Waals surface area contributed by atoms with Crippen molar-refractivity contribution in [2.75, 3.05) is 6.54 Å². The summed E-state index contributed by atoms with van der Waals surface area (Å²) in [5.41, 5.74) is 1.28. The molecule has 96 valence electrons. The van der Waals surface area contributed by atoms with Crippen LogP contribution in [0.3, 0.4) is 0 Å². The Morgan fingerprint density at radius 2 is 2.00 bits per heavy atom. The average Bonchev–Trinajstić information content (AvgIpc) is 2.29. The van der Waals surface area contributed by atoms with Crippen LogP contribution in [-0.2, 0) is 6.54 Å². The largest absolute Gasteiger partial charge is 0.491 e. The summed E-state index contributed by atoms with van der Waals surface area (Å²) < 4.78 is 5.80. The summed E-state index contributed by atoms with van der Waals surface area (Å²) >= 11 is 0. The van der Waals surface area contributed by atoms with Gasteiger partial charge < -0.3 is 10.1 Å². The van der Waals surface area contributed by atoms with Crippen LogP contribution in [0.25, 0.3) is 0 Å². The van der Waals surface area contributed by atoms with Crippen LogP contribution in [-0.4, -0.2) is 12.6 Å². The standard InChI is InChI=1S/C15H25NO/c1-5-13(4)17-15-8-6-7-14(9-15)11-16-10-12(2)3/h6-9,12-13,16H,5,10-11H2,1-4H3. The van der Waals surface area contributed by atoms with Crippen molar-refractivity contribution in [3.63, 3.8) is 0 Å². The van der Waals surface area contributed by atoms with Crippen LogP contribution in [0.15, 0.2) is 24.3 Å². The molecule has 1 atom stereocenters. The minimum Gasteiger partial charge on any atom is -0.491 e. The SMILES string of the molecule is CCC(C)Oc1cccc(CNCC(C)C)c1. The van der Waals surface area contributed by atoms with E-state index in [2.05, 4.69) is 51.2 Å². The highest BCUT2D eigenvalue weighted by Gasteiger charge is 2.02. The molecule has 0 aliphatic rings. The second kappa shape index (κ2) is 7.33. The van der Waals surface area contributed by atoms with Crippen LogP contribution in [0.5, 0.6) is 5.75 Å². The smallest absolute Gasteiger partial charge is 0.120 e. The lowest BCUT2D eigenvalue weighted by atomic mass is 10.2. The topological polar surface area (TPSA) is 21.3 Å². The van der Waals surface area contributed by atoms with E-state index in [1.54, 1.807) is 0 Å². The minimum atomic E-state index is 0.286. The zero-order chi connectivity index (χ0) is 12.7. The lowest BCUT2D eigenvalue weighted by Crippen LogP contribution is -2.19. The van der Waals surface area contributed by atoms with Gasteiger partial charge in [0.05, 0.1) is 6.10 Å². The zero-order valence-corrected chi connectivity index (χ0v) is 11.5. The maximum Gasteiger partial charge on any atom is 0.120 e. The van der Waals surface area contributed by atoms with Gasteiger partial charge in [-0.2, -0.15) is 0 Å². The number of ether oxygens (including phenoxy) is 1. The van der Waals surface area contributed by atoms with Gasteiger partial charge in [0, 0.05) is 6.54 Å². The van der Waals surface area contributed by atoms with E-state index < -0.39 is 0 Å². The molecule has 0 radical (unpaired) electrons. The summed E-state index contributed by atoms with van der Waals surface area (Å²) in [6.45, 7) is 10.6. The third-order valence-electron chi connectivity index (χ3n) is 2.69. The Morgan fingerprint density at radius 3 is 2.65 bits per heavy atom. The van der Waals surface area contributed by atoms with Crippen molar-refractivity contribution < 1.29 is 4.74 Å². The molecule has 0 amide bonds. The van der Waals surface area contributed by atoms with Gasteiger partial charge in [-0.25, -0.2) is 0 Å². The molecular formula is C15H25NO. The highest BCUT2D eigenvalue weighted by molar-refractivity contribution is 5.28. The summed E-state index contributed by atoms with van der Waals surface area (Å²) in [6, 6.07) is 8.35. The van der Waals surface area contributed by atoms with Gasteiger partial charge >= 0.3 is 0 Å². The van der Waals surface area contributed by atoms with Gasteiger partial charge in [-0.1, -0.05) is 32.9 Å². The van der Waals surface area contributed by atoms with Gasteiger partial charge in [-0.15, -0.1) is 0 Å². The van der Waals surface area contributed by atoms with Crippen LogP contribution >= 0.6 is 0 Å². The van der Waals surface area contributed by atoms with Gasteiger partial charge in [0.1, 0.15) is 5.75 Å². The van der Waals surface area contributed by atoms with Crippen molar-refractivity contribution in [3.05, 3.63) is 29.8 Å². The molecule has 17 heavy (non-hydrogen) atoms. The summed E-state index contributed by atoms with van der Waals surface area (Å²) in [5, 5.41) is 3.44. The predicted molar refractivity (Wildman–Crippen MR) is 73.4 cm³/mol. The van der Waals surface area contributed by atoms with Crippen molar-refractivity contribution in [1.29, 1.82) is 0 Å². The first kappa shape index (κ1) is 14.0. The van der Waals surface area contributed by atoms with E-state index in [0.717, 1.165) is 25.3 Å². The second-order valence-electron chi connectivity index (χ2n) is 5.01. The van der Waals surface area contributed by atoms with E-state index in [-0.39, 0.29) is 6.10 Å². The molecule has 0 saturated heterocycles. The average molecular weight is 235 g/mol. The summed E-state index contributed by atoms with van der Waals surface area (Å²) in [5.74, 6) is 1.66. The fraction of sp³-hybridized carbons (Fsp3) is 0.600. The minimum absolute atomic E-state index is 0.286. The van der Waals surface area contributed by atoms with Crippen LogP contribution in [0.4, 0.5) is 0 Å². The van der Waals surface area contributed by atoms with Crippen LogP contribution in [0.1, 0.15) is 39.7 Å². The lowest BCUT2D eigenvalue weighted by Gasteiger charge is -2.14. The predicted octanol–water partition coefficient (Wildman–Crippen LogP) is 3.61. The molecule has 1 aromatic rings. The normalized spacial score (nSPS) is 12.8. The number of benzene rings is 1. The molecule has 0 spiro atoms. The van der Waals surface area contributed by atoms with E-state index in [1.165, 1.54) is 5.56 Å². The summed E-state index contributed by atoms with van der Waals surface area (Å²) in [6.07, 6.45) is 1.32. The number of hydrogen-bond donors (Lipinski definition) is 1. The second-order valence-corrected chi connectivity index (χ2v) is 5.01. The van der Waals surface area contributed by atoms with Gasteiger partial charge in [-0.3, -0.25) is 0 Å². The third-order valence-corrected chi connectivity index (χ3v) is 2.69. The van der Waals surface area contributed by atoms with Crippen molar-refractivity contribution in [1.82, 2.24) is 5.32 Å². The molecule has 1 aromatic carbocycles. The summed E-state index contributed by atoms with van der Waals surface area (Å²) in [7, 11) is 0. The highest BCUT2D eigenvalue weighted by atomic mass is 16.5. The van der Waals surface area contributed by atoms with E-state index >= 15 is 0 Å². The number of rotatable bonds is 7. The van der Waals surface area contributed by atoms with Gasteiger partial charge in [-0.05, 0) is 43.5 Å². The first-order chi connectivity index (χ1) is 8.11. The van der Waals surface area contributed by atoms with E-state index in [1.807, 2.05) is 6.07 Å². The molecule has 0 aliphatic heterocycles. The Labute approximate surface area is 105 Å². The molecule has 0 fully saturated rings. The first-order valence-corrected chi connectivity index (χ1v) is 6.58. The van der Waals surface area contributed by atoms with Gasteiger partial charge in [0.2, 0.25) is 0 Å². The van der Waals surface area contributed by atoms with Crippen molar-refractivity contribution in [2.45, 2.75) is 46.8 Å². The molecule has 0 aromatic heterocycles. The Bertz CT molecular complexity index is 322. The van der Waals surface area contributed by atoms with Gasteiger partial charge in [0.25, 0.3) is 0 Å². The molecule has 0 saturated carbocycles. The molecule has 0 bridgehead atoms. The Kier molecular flexibility index (Phi) is 6.06. The quantitative estimate of drug-likeness (QED) is 0.779. The molecule has 1 rings (SSSR count). The molecule has 1 N–H and O–H groups in total.